The molecule has 0 unspecified atom stereocenters. The first-order valence-electron chi connectivity index (χ1n) is 8.07. The zero-order valence-corrected chi connectivity index (χ0v) is 14.7. The SMILES string of the molecule is O=C([O-])CCC(=O)O[C@H]1N=C(c2ccccc2)c2cc(Cl)ccc2NC1=O. The number of fused-ring (bicyclic) bond motifs is 1. The van der Waals surface area contributed by atoms with Gasteiger partial charge in [0.25, 0.3) is 12.1 Å². The molecule has 1 atom stereocenters. The molecule has 0 fully saturated rings. The van der Waals surface area contributed by atoms with Gasteiger partial charge in [-0.3, -0.25) is 9.59 Å². The summed E-state index contributed by atoms with van der Waals surface area (Å²) in [5, 5.41) is 13.6. The summed E-state index contributed by atoms with van der Waals surface area (Å²) in [4.78, 5) is 39.1. The van der Waals surface area contributed by atoms with E-state index in [1.165, 1.54) is 0 Å². The van der Waals surface area contributed by atoms with Gasteiger partial charge in [-0.15, -0.1) is 0 Å². The van der Waals surface area contributed by atoms with Crippen molar-refractivity contribution < 1.29 is 24.2 Å². The number of amides is 1. The first-order chi connectivity index (χ1) is 12.9. The molecule has 0 saturated carbocycles. The van der Waals surface area contributed by atoms with E-state index in [4.69, 9.17) is 16.3 Å². The molecular formula is C19H14ClN2O5-. The predicted octanol–water partition coefficient (Wildman–Crippen LogP) is 1.53. The molecule has 138 valence electrons. The maximum absolute atomic E-state index is 12.5. The Hall–Kier alpha value is -3.19. The normalized spacial score (nSPS) is 15.8. The Morgan fingerprint density at radius 2 is 1.89 bits per heavy atom. The van der Waals surface area contributed by atoms with Crippen molar-refractivity contribution >= 4 is 40.8 Å². The highest BCUT2D eigenvalue weighted by atomic mass is 35.5. The fourth-order valence-corrected chi connectivity index (χ4v) is 2.73. The summed E-state index contributed by atoms with van der Waals surface area (Å²) in [6, 6.07) is 14.0. The van der Waals surface area contributed by atoms with E-state index in [0.29, 0.717) is 27.5 Å². The molecule has 1 aliphatic rings. The third-order valence-corrected chi connectivity index (χ3v) is 4.02. The fourth-order valence-electron chi connectivity index (χ4n) is 2.55. The molecule has 0 aromatic heterocycles. The van der Waals surface area contributed by atoms with Crippen molar-refractivity contribution in [1.29, 1.82) is 0 Å². The number of carboxylic acid groups (broad SMARTS) is 1. The van der Waals surface area contributed by atoms with Gasteiger partial charge in [-0.1, -0.05) is 41.9 Å². The third-order valence-electron chi connectivity index (χ3n) is 3.79. The number of aliphatic imine (C=N–C) groups is 1. The van der Waals surface area contributed by atoms with E-state index in [2.05, 4.69) is 10.3 Å². The van der Waals surface area contributed by atoms with Crippen LogP contribution < -0.4 is 10.4 Å². The lowest BCUT2D eigenvalue weighted by Crippen LogP contribution is -2.31. The van der Waals surface area contributed by atoms with Gasteiger partial charge in [-0.05, 0) is 24.6 Å². The first-order valence-corrected chi connectivity index (χ1v) is 8.45. The molecule has 0 saturated heterocycles. The number of esters is 1. The molecule has 1 amide bonds. The summed E-state index contributed by atoms with van der Waals surface area (Å²) < 4.78 is 5.08. The lowest BCUT2D eigenvalue weighted by atomic mass is 10.0. The number of halogens is 1. The average Bonchev–Trinajstić information content (AvgIpc) is 2.78. The van der Waals surface area contributed by atoms with Gasteiger partial charge in [0.05, 0.1) is 17.8 Å². The highest BCUT2D eigenvalue weighted by Gasteiger charge is 2.28. The monoisotopic (exact) mass is 385 g/mol. The Morgan fingerprint density at radius 1 is 1.15 bits per heavy atom. The molecule has 2 aromatic rings. The van der Waals surface area contributed by atoms with Gasteiger partial charge in [0.15, 0.2) is 0 Å². The number of carboxylic acids is 1. The summed E-state index contributed by atoms with van der Waals surface area (Å²) in [6.07, 6.45) is -2.38. The standard InChI is InChI=1S/C19H15ClN2O5/c20-12-6-7-14-13(10-12)17(11-4-2-1-3-5-11)22-19(18(26)21-14)27-16(25)9-8-15(23)24/h1-7,10,19H,8-9H2,(H,21,26)(H,23,24)/p-1/t19-/m1/s1. The van der Waals surface area contributed by atoms with E-state index in [0.717, 1.165) is 0 Å². The topological polar surface area (TPSA) is 108 Å². The van der Waals surface area contributed by atoms with Crippen LogP contribution in [-0.2, 0) is 19.1 Å². The molecule has 2 aromatic carbocycles. The Morgan fingerprint density at radius 3 is 2.59 bits per heavy atom. The molecule has 0 radical (unpaired) electrons. The van der Waals surface area contributed by atoms with Crippen LogP contribution in [0.25, 0.3) is 0 Å². The summed E-state index contributed by atoms with van der Waals surface area (Å²) in [6.45, 7) is 0. The number of carbonyl (C=O) groups is 3. The third kappa shape index (κ3) is 4.51. The van der Waals surface area contributed by atoms with Gasteiger partial charge in [0.2, 0.25) is 0 Å². The minimum absolute atomic E-state index is 0.416. The Kier molecular flexibility index (Phi) is 5.52. The second kappa shape index (κ2) is 8.01. The van der Waals surface area contributed by atoms with E-state index >= 15 is 0 Å². The predicted molar refractivity (Wildman–Crippen MR) is 96.3 cm³/mol. The molecule has 1 aliphatic heterocycles. The molecular weight excluding hydrogens is 372 g/mol. The minimum Gasteiger partial charge on any atom is -0.550 e. The second-order valence-electron chi connectivity index (χ2n) is 5.74. The molecule has 0 bridgehead atoms. The zero-order chi connectivity index (χ0) is 19.4. The summed E-state index contributed by atoms with van der Waals surface area (Å²) >= 11 is 6.10. The van der Waals surface area contributed by atoms with Crippen molar-refractivity contribution in [1.82, 2.24) is 0 Å². The van der Waals surface area contributed by atoms with Crippen molar-refractivity contribution in [2.75, 3.05) is 5.32 Å². The lowest BCUT2D eigenvalue weighted by molar-refractivity contribution is -0.305. The fraction of sp³-hybridized carbons (Fsp3) is 0.158. The number of carbonyl (C=O) groups excluding carboxylic acids is 3. The minimum atomic E-state index is -1.46. The quantitative estimate of drug-likeness (QED) is 0.785. The van der Waals surface area contributed by atoms with E-state index < -0.39 is 36.9 Å². The highest BCUT2D eigenvalue weighted by Crippen LogP contribution is 2.27. The number of hydrogen-bond donors (Lipinski definition) is 1. The number of ether oxygens (including phenoxy) is 1. The van der Waals surface area contributed by atoms with Gasteiger partial charge >= 0.3 is 5.97 Å². The van der Waals surface area contributed by atoms with E-state index in [1.807, 2.05) is 18.2 Å². The van der Waals surface area contributed by atoms with Crippen LogP contribution in [0, 0.1) is 0 Å². The van der Waals surface area contributed by atoms with Gasteiger partial charge < -0.3 is 20.0 Å². The molecule has 1 heterocycles. The highest BCUT2D eigenvalue weighted by molar-refractivity contribution is 6.32. The van der Waals surface area contributed by atoms with Crippen LogP contribution in [0.5, 0.6) is 0 Å². The molecule has 0 aliphatic carbocycles. The Labute approximate surface area is 159 Å². The number of rotatable bonds is 5. The smallest absolute Gasteiger partial charge is 0.308 e. The van der Waals surface area contributed by atoms with Crippen LogP contribution in [-0.4, -0.2) is 29.8 Å². The molecule has 8 heteroatoms. The number of nitrogens with zero attached hydrogens (tertiary/aromatic N) is 1. The summed E-state index contributed by atoms with van der Waals surface area (Å²) in [5.41, 5.74) is 2.17. The number of benzene rings is 2. The molecule has 0 spiro atoms. The van der Waals surface area contributed by atoms with Crippen LogP contribution >= 0.6 is 11.6 Å². The van der Waals surface area contributed by atoms with Crippen LogP contribution in [0.3, 0.4) is 0 Å². The van der Waals surface area contributed by atoms with Crippen molar-refractivity contribution in [2.45, 2.75) is 19.1 Å². The van der Waals surface area contributed by atoms with Crippen LogP contribution in [0.15, 0.2) is 53.5 Å². The van der Waals surface area contributed by atoms with E-state index in [9.17, 15) is 19.5 Å². The zero-order valence-electron chi connectivity index (χ0n) is 14.0. The van der Waals surface area contributed by atoms with Crippen LogP contribution in [0.1, 0.15) is 24.0 Å². The second-order valence-corrected chi connectivity index (χ2v) is 6.17. The first kappa shape index (κ1) is 18.6. The van der Waals surface area contributed by atoms with E-state index in [1.54, 1.807) is 30.3 Å². The van der Waals surface area contributed by atoms with E-state index in [-0.39, 0.29) is 0 Å². The Bertz CT molecular complexity index is 927. The number of aliphatic carboxylic acids is 1. The molecule has 7 nitrogen and oxygen atoms in total. The summed E-state index contributed by atoms with van der Waals surface area (Å²) in [7, 11) is 0. The van der Waals surface area contributed by atoms with Crippen LogP contribution in [0.4, 0.5) is 5.69 Å². The van der Waals surface area contributed by atoms with Crippen molar-refractivity contribution in [3.05, 3.63) is 64.7 Å². The summed E-state index contributed by atoms with van der Waals surface area (Å²) in [5.74, 6) is -2.89. The van der Waals surface area contributed by atoms with Gasteiger partial charge in [0.1, 0.15) is 0 Å². The molecule has 3 rings (SSSR count). The number of benzodiazepines with no additional fused rings is 1. The molecule has 27 heavy (non-hydrogen) atoms. The van der Waals surface area contributed by atoms with Crippen molar-refractivity contribution in [3.63, 3.8) is 0 Å². The maximum atomic E-state index is 12.5. The molecule has 1 N–H and O–H groups in total. The Balaban J connectivity index is 1.99. The lowest BCUT2D eigenvalue weighted by Gasteiger charge is -2.12. The van der Waals surface area contributed by atoms with Crippen molar-refractivity contribution in [3.8, 4) is 0 Å². The van der Waals surface area contributed by atoms with Gasteiger partial charge in [0, 0.05) is 22.1 Å². The average molecular weight is 386 g/mol. The largest absolute Gasteiger partial charge is 0.550 e. The van der Waals surface area contributed by atoms with Crippen LogP contribution in [0.2, 0.25) is 5.02 Å². The number of hydrogen-bond acceptors (Lipinski definition) is 6. The number of nitrogens with one attached hydrogen (secondary N) is 1. The van der Waals surface area contributed by atoms with Crippen molar-refractivity contribution in [2.24, 2.45) is 4.99 Å². The number of anilines is 1. The van der Waals surface area contributed by atoms with Gasteiger partial charge in [-0.2, -0.15) is 0 Å². The maximum Gasteiger partial charge on any atom is 0.308 e. The van der Waals surface area contributed by atoms with Gasteiger partial charge in [-0.25, -0.2) is 4.99 Å².